The van der Waals surface area contributed by atoms with Crippen LogP contribution in [0, 0.1) is 5.92 Å². The van der Waals surface area contributed by atoms with Crippen molar-refractivity contribution in [2.75, 3.05) is 6.54 Å². The van der Waals surface area contributed by atoms with Gasteiger partial charge >= 0.3 is 12.1 Å². The van der Waals surface area contributed by atoms with E-state index in [4.69, 9.17) is 5.11 Å². The number of benzene rings is 1. The summed E-state index contributed by atoms with van der Waals surface area (Å²) in [6.45, 7) is 0.437. The molecule has 3 rings (SSSR count). The van der Waals surface area contributed by atoms with Gasteiger partial charge in [-0.15, -0.1) is 0 Å². The van der Waals surface area contributed by atoms with Crippen molar-refractivity contribution < 1.29 is 27.9 Å². The molecular weight excluding hydrogens is 311 g/mol. The maximum Gasteiger partial charge on any atom is 0.416 e. The first-order chi connectivity index (χ1) is 10.8. The van der Waals surface area contributed by atoms with E-state index in [1.165, 1.54) is 17.0 Å². The average Bonchev–Trinajstić information content (AvgIpc) is 3.13. The number of carbonyl (C=O) groups is 2. The van der Waals surface area contributed by atoms with Crippen LogP contribution in [-0.2, 0) is 15.8 Å². The van der Waals surface area contributed by atoms with E-state index in [0.717, 1.165) is 12.1 Å². The molecule has 0 bridgehead atoms. The summed E-state index contributed by atoms with van der Waals surface area (Å²) >= 11 is 0. The third-order valence-electron chi connectivity index (χ3n) is 4.59. The van der Waals surface area contributed by atoms with Crippen LogP contribution in [0.15, 0.2) is 24.3 Å². The second-order valence-corrected chi connectivity index (χ2v) is 6.10. The third-order valence-corrected chi connectivity index (χ3v) is 4.59. The molecule has 4 nitrogen and oxygen atoms in total. The Morgan fingerprint density at radius 2 is 1.83 bits per heavy atom. The molecule has 2 aliphatic rings. The number of alkyl halides is 3. The van der Waals surface area contributed by atoms with Gasteiger partial charge in [-0.1, -0.05) is 12.1 Å². The number of hydrogen-bond donors (Lipinski definition) is 1. The first-order valence-electron chi connectivity index (χ1n) is 7.49. The lowest BCUT2D eigenvalue weighted by Gasteiger charge is -2.21. The van der Waals surface area contributed by atoms with Gasteiger partial charge in [0.25, 0.3) is 0 Å². The van der Waals surface area contributed by atoms with E-state index in [0.29, 0.717) is 31.4 Å². The van der Waals surface area contributed by atoms with Crippen molar-refractivity contribution in [1.29, 1.82) is 0 Å². The molecule has 0 radical (unpaired) electrons. The summed E-state index contributed by atoms with van der Waals surface area (Å²) in [5.74, 6) is -1.62. The van der Waals surface area contributed by atoms with E-state index in [2.05, 4.69) is 0 Å². The van der Waals surface area contributed by atoms with Gasteiger partial charge < -0.3 is 10.0 Å². The number of rotatable bonds is 3. The lowest BCUT2D eigenvalue weighted by molar-refractivity contribution is -0.148. The minimum atomic E-state index is -4.37. The van der Waals surface area contributed by atoms with Gasteiger partial charge in [0.2, 0.25) is 5.91 Å². The highest BCUT2D eigenvalue weighted by atomic mass is 19.4. The molecule has 7 heteroatoms. The molecule has 1 N–H and O–H groups in total. The Bertz CT molecular complexity index is 626. The zero-order valence-corrected chi connectivity index (χ0v) is 12.2. The van der Waals surface area contributed by atoms with Gasteiger partial charge in [0.05, 0.1) is 5.56 Å². The van der Waals surface area contributed by atoms with E-state index in [-0.39, 0.29) is 17.7 Å². The van der Waals surface area contributed by atoms with Crippen LogP contribution >= 0.6 is 0 Å². The first kappa shape index (κ1) is 15.8. The normalized spacial score (nSPS) is 27.1. The molecule has 124 valence electrons. The van der Waals surface area contributed by atoms with Gasteiger partial charge in [0.15, 0.2) is 0 Å². The van der Waals surface area contributed by atoms with Gasteiger partial charge in [-0.05, 0) is 42.9 Å². The Morgan fingerprint density at radius 1 is 1.17 bits per heavy atom. The van der Waals surface area contributed by atoms with Crippen molar-refractivity contribution in [3.8, 4) is 0 Å². The minimum Gasteiger partial charge on any atom is -0.480 e. The number of carbonyl (C=O) groups excluding carboxylic acids is 1. The Hall–Kier alpha value is -2.05. The molecular formula is C16H16F3NO3. The van der Waals surface area contributed by atoms with Crippen LogP contribution in [0.1, 0.15) is 36.3 Å². The van der Waals surface area contributed by atoms with Crippen LogP contribution < -0.4 is 0 Å². The highest BCUT2D eigenvalue weighted by Gasteiger charge is 2.48. The first-order valence-corrected chi connectivity index (χ1v) is 7.49. The molecule has 3 atom stereocenters. The molecule has 1 saturated carbocycles. The smallest absolute Gasteiger partial charge is 0.416 e. The SMILES string of the molecule is O=C(O)[C@@H]1CCCN1C(=O)[C@@H]1C[C@H]1c1ccc(C(F)(F)F)cc1. The van der Waals surface area contributed by atoms with Crippen LogP contribution in [0.25, 0.3) is 0 Å². The van der Waals surface area contributed by atoms with Crippen LogP contribution in [0.2, 0.25) is 0 Å². The Morgan fingerprint density at radius 3 is 2.39 bits per heavy atom. The third kappa shape index (κ3) is 3.04. The number of carboxylic acid groups (broad SMARTS) is 1. The average molecular weight is 327 g/mol. The molecule has 23 heavy (non-hydrogen) atoms. The number of hydrogen-bond acceptors (Lipinski definition) is 2. The van der Waals surface area contributed by atoms with E-state index in [9.17, 15) is 22.8 Å². The molecule has 1 heterocycles. The fourth-order valence-electron chi connectivity index (χ4n) is 3.26. The van der Waals surface area contributed by atoms with Crippen LogP contribution in [0.5, 0.6) is 0 Å². The lowest BCUT2D eigenvalue weighted by Crippen LogP contribution is -2.41. The monoisotopic (exact) mass is 327 g/mol. The van der Waals surface area contributed by atoms with Gasteiger partial charge in [-0.3, -0.25) is 4.79 Å². The van der Waals surface area contributed by atoms with E-state index in [1.54, 1.807) is 0 Å². The number of amides is 1. The van der Waals surface area contributed by atoms with E-state index >= 15 is 0 Å². The second-order valence-electron chi connectivity index (χ2n) is 6.10. The summed E-state index contributed by atoms with van der Waals surface area (Å²) in [7, 11) is 0. The van der Waals surface area contributed by atoms with Crippen molar-refractivity contribution >= 4 is 11.9 Å². The van der Waals surface area contributed by atoms with Gasteiger partial charge in [0, 0.05) is 12.5 Å². The van der Waals surface area contributed by atoms with Crippen LogP contribution in [0.3, 0.4) is 0 Å². The molecule has 1 aromatic carbocycles. The zero-order chi connectivity index (χ0) is 16.8. The fraction of sp³-hybridized carbons (Fsp3) is 0.500. The summed E-state index contributed by atoms with van der Waals surface area (Å²) in [6.07, 6.45) is -2.69. The summed E-state index contributed by atoms with van der Waals surface area (Å²) in [5.41, 5.74) is -0.0160. The van der Waals surface area contributed by atoms with Gasteiger partial charge in [-0.2, -0.15) is 13.2 Å². The molecule has 1 aliphatic carbocycles. The van der Waals surface area contributed by atoms with Crippen molar-refractivity contribution in [1.82, 2.24) is 4.90 Å². The number of halogens is 3. The minimum absolute atomic E-state index is 0.111. The van der Waals surface area contributed by atoms with Crippen molar-refractivity contribution in [2.24, 2.45) is 5.92 Å². The Balaban J connectivity index is 1.67. The summed E-state index contributed by atoms with van der Waals surface area (Å²) in [4.78, 5) is 25.0. The maximum absolute atomic E-state index is 12.5. The van der Waals surface area contributed by atoms with Gasteiger partial charge in [0.1, 0.15) is 6.04 Å². The van der Waals surface area contributed by atoms with Crippen molar-refractivity contribution in [3.05, 3.63) is 35.4 Å². The molecule has 1 aromatic rings. The van der Waals surface area contributed by atoms with E-state index < -0.39 is 23.8 Å². The standard InChI is InChI=1S/C16H16F3NO3/c17-16(18,19)10-5-3-9(4-6-10)11-8-12(11)14(21)20-7-1-2-13(20)15(22)23/h3-6,11-13H,1-2,7-8H2,(H,22,23)/t11-,12+,13-/m0/s1. The molecule has 0 aromatic heterocycles. The van der Waals surface area contributed by atoms with Crippen LogP contribution in [-0.4, -0.2) is 34.5 Å². The molecule has 0 spiro atoms. The largest absolute Gasteiger partial charge is 0.480 e. The maximum atomic E-state index is 12.5. The quantitative estimate of drug-likeness (QED) is 0.929. The summed E-state index contributed by atoms with van der Waals surface area (Å²) in [6, 6.07) is 4.08. The predicted molar refractivity (Wildman–Crippen MR) is 74.7 cm³/mol. The Kier molecular flexibility index (Phi) is 3.82. The molecule has 1 saturated heterocycles. The topological polar surface area (TPSA) is 57.6 Å². The lowest BCUT2D eigenvalue weighted by atomic mass is 10.1. The van der Waals surface area contributed by atoms with Gasteiger partial charge in [-0.25, -0.2) is 4.79 Å². The summed E-state index contributed by atoms with van der Waals surface area (Å²) < 4.78 is 37.6. The molecule has 1 amide bonds. The molecule has 0 unspecified atom stereocenters. The van der Waals surface area contributed by atoms with Crippen molar-refractivity contribution in [3.63, 3.8) is 0 Å². The van der Waals surface area contributed by atoms with Crippen molar-refractivity contribution in [2.45, 2.75) is 37.4 Å². The number of carboxylic acids is 1. The summed E-state index contributed by atoms with van der Waals surface area (Å²) in [5, 5.41) is 9.12. The molecule has 2 fully saturated rings. The van der Waals surface area contributed by atoms with Crippen LogP contribution in [0.4, 0.5) is 13.2 Å². The van der Waals surface area contributed by atoms with E-state index in [1.807, 2.05) is 0 Å². The second kappa shape index (κ2) is 5.54. The number of aliphatic carboxylic acids is 1. The fourth-order valence-corrected chi connectivity index (χ4v) is 3.26. The highest BCUT2D eigenvalue weighted by Crippen LogP contribution is 2.49. The zero-order valence-electron chi connectivity index (χ0n) is 12.2. The Labute approximate surface area is 130 Å². The molecule has 1 aliphatic heterocycles. The predicted octanol–water partition coefficient (Wildman–Crippen LogP) is 2.88. The number of likely N-dealkylation sites (tertiary alicyclic amines) is 1. The number of nitrogens with zero attached hydrogens (tertiary/aromatic N) is 1. The highest BCUT2D eigenvalue weighted by molar-refractivity contribution is 5.88.